The zero-order valence-electron chi connectivity index (χ0n) is 41.5. The van der Waals surface area contributed by atoms with Crippen LogP contribution in [0.4, 0.5) is 0 Å². The first-order valence-electron chi connectivity index (χ1n) is 26.1. The summed E-state index contributed by atoms with van der Waals surface area (Å²) in [6.07, 6.45) is 74.9. The molecule has 0 aliphatic rings. The smallest absolute Gasteiger partial charge is 0.306 e. The summed E-state index contributed by atoms with van der Waals surface area (Å²) in [5.41, 5.74) is 0. The van der Waals surface area contributed by atoms with E-state index in [1.807, 2.05) is 0 Å². The highest BCUT2D eigenvalue weighted by Crippen LogP contribution is 2.12. The van der Waals surface area contributed by atoms with Gasteiger partial charge in [-0.05, 0) is 122 Å². The van der Waals surface area contributed by atoms with Crippen molar-refractivity contribution in [2.75, 3.05) is 19.8 Å². The number of carbonyl (C=O) groups excluding carboxylic acids is 2. The van der Waals surface area contributed by atoms with Gasteiger partial charge in [-0.25, -0.2) is 0 Å². The Kier molecular flexibility index (Phi) is 50.5. The van der Waals surface area contributed by atoms with E-state index in [9.17, 15) is 9.59 Å². The third-order valence-electron chi connectivity index (χ3n) is 10.4. The fourth-order valence-electron chi connectivity index (χ4n) is 6.65. The van der Waals surface area contributed by atoms with Crippen LogP contribution in [0.25, 0.3) is 0 Å². The average molecular weight is 885 g/mol. The van der Waals surface area contributed by atoms with Gasteiger partial charge in [0.05, 0.1) is 6.61 Å². The molecular formula is C59H96O5. The number of rotatable bonds is 46. The van der Waals surface area contributed by atoms with Gasteiger partial charge in [0.25, 0.3) is 0 Å². The Morgan fingerprint density at radius 2 is 0.703 bits per heavy atom. The van der Waals surface area contributed by atoms with E-state index in [0.717, 1.165) is 141 Å². The minimum Gasteiger partial charge on any atom is -0.462 e. The molecule has 0 heterocycles. The van der Waals surface area contributed by atoms with Crippen molar-refractivity contribution < 1.29 is 23.8 Å². The van der Waals surface area contributed by atoms with Crippen LogP contribution in [-0.2, 0) is 23.8 Å². The Labute approximate surface area is 395 Å². The van der Waals surface area contributed by atoms with Gasteiger partial charge < -0.3 is 14.2 Å². The summed E-state index contributed by atoms with van der Waals surface area (Å²) in [5.74, 6) is -0.466. The first-order chi connectivity index (χ1) is 31.6. The summed E-state index contributed by atoms with van der Waals surface area (Å²) < 4.78 is 17.4. The fourth-order valence-corrected chi connectivity index (χ4v) is 6.65. The van der Waals surface area contributed by atoms with E-state index in [2.05, 4.69) is 142 Å². The molecule has 362 valence electrons. The molecule has 0 rings (SSSR count). The molecule has 0 aliphatic carbocycles. The molecular weight excluding hydrogens is 789 g/mol. The van der Waals surface area contributed by atoms with Gasteiger partial charge in [-0.2, -0.15) is 0 Å². The van der Waals surface area contributed by atoms with Crippen LogP contribution >= 0.6 is 0 Å². The number of ether oxygens (including phenoxy) is 3. The third-order valence-corrected chi connectivity index (χ3v) is 10.4. The summed E-state index contributed by atoms with van der Waals surface area (Å²) in [6, 6.07) is 0. The van der Waals surface area contributed by atoms with E-state index in [1.165, 1.54) is 38.5 Å². The normalized spacial score (nSPS) is 13.2. The summed E-state index contributed by atoms with van der Waals surface area (Å²) in [7, 11) is 0. The number of hydrogen-bond donors (Lipinski definition) is 0. The van der Waals surface area contributed by atoms with Crippen LogP contribution in [0.5, 0.6) is 0 Å². The number of unbranched alkanes of at least 4 members (excludes halogenated alkanes) is 15. The Balaban J connectivity index is 4.41. The topological polar surface area (TPSA) is 61.8 Å². The van der Waals surface area contributed by atoms with Gasteiger partial charge in [-0.15, -0.1) is 0 Å². The first-order valence-corrected chi connectivity index (χ1v) is 26.1. The number of allylic oxidation sites excluding steroid dienone is 20. The van der Waals surface area contributed by atoms with Crippen LogP contribution in [0, 0.1) is 0 Å². The zero-order valence-corrected chi connectivity index (χ0v) is 41.5. The van der Waals surface area contributed by atoms with Crippen molar-refractivity contribution in [2.45, 2.75) is 219 Å². The molecule has 0 saturated heterocycles. The quantitative estimate of drug-likeness (QED) is 0.0346. The van der Waals surface area contributed by atoms with Crippen molar-refractivity contribution in [2.24, 2.45) is 0 Å². The van der Waals surface area contributed by atoms with Crippen LogP contribution in [0.3, 0.4) is 0 Å². The summed E-state index contributed by atoms with van der Waals surface area (Å²) in [4.78, 5) is 25.4. The van der Waals surface area contributed by atoms with Crippen molar-refractivity contribution in [3.63, 3.8) is 0 Å². The van der Waals surface area contributed by atoms with Crippen LogP contribution < -0.4 is 0 Å². The Hall–Kier alpha value is -3.70. The molecule has 0 saturated carbocycles. The highest BCUT2D eigenvalue weighted by molar-refractivity contribution is 5.70. The summed E-state index contributed by atoms with van der Waals surface area (Å²) in [6.45, 7) is 7.45. The standard InChI is InChI=1S/C59H96O5/c1-4-7-10-13-16-19-22-25-28-30-32-34-37-40-43-46-49-52-58(60)63-56-57(55-62-54-51-48-45-42-39-36-27-24-21-18-15-12-9-6-3)64-59(61)53-50-47-44-41-38-35-33-31-29-26-23-20-17-14-11-8-5-2/h7-8,10-12,15-17,19-21,24-26,28-29,32-35,57H,4-6,9,13-14,18,22-23,27,30-31,36-56H2,1-3H3/b10-7-,11-8-,15-12-,19-16-,20-17-,24-21-,28-25-,29-26-,34-32-,35-33-. The molecule has 0 bridgehead atoms. The van der Waals surface area contributed by atoms with Gasteiger partial charge in [0, 0.05) is 19.4 Å². The van der Waals surface area contributed by atoms with Crippen molar-refractivity contribution in [1.29, 1.82) is 0 Å². The molecule has 64 heavy (non-hydrogen) atoms. The molecule has 0 N–H and O–H groups in total. The molecule has 0 amide bonds. The lowest BCUT2D eigenvalue weighted by Crippen LogP contribution is -2.30. The molecule has 5 heteroatoms. The van der Waals surface area contributed by atoms with E-state index in [4.69, 9.17) is 14.2 Å². The Morgan fingerprint density at radius 3 is 1.12 bits per heavy atom. The van der Waals surface area contributed by atoms with Gasteiger partial charge in [-0.1, -0.05) is 200 Å². The monoisotopic (exact) mass is 885 g/mol. The van der Waals surface area contributed by atoms with Gasteiger partial charge in [0.15, 0.2) is 6.10 Å². The van der Waals surface area contributed by atoms with E-state index in [-0.39, 0.29) is 25.2 Å². The third kappa shape index (κ3) is 50.9. The van der Waals surface area contributed by atoms with E-state index in [1.54, 1.807) is 0 Å². The highest BCUT2D eigenvalue weighted by Gasteiger charge is 2.17. The predicted molar refractivity (Wildman–Crippen MR) is 279 cm³/mol. The highest BCUT2D eigenvalue weighted by atomic mass is 16.6. The lowest BCUT2D eigenvalue weighted by Gasteiger charge is -2.18. The lowest BCUT2D eigenvalue weighted by atomic mass is 10.1. The lowest BCUT2D eigenvalue weighted by molar-refractivity contribution is -0.163. The number of esters is 2. The largest absolute Gasteiger partial charge is 0.462 e. The molecule has 1 atom stereocenters. The van der Waals surface area contributed by atoms with Gasteiger partial charge in [0.2, 0.25) is 0 Å². The van der Waals surface area contributed by atoms with Crippen LogP contribution in [-0.4, -0.2) is 37.9 Å². The molecule has 0 fully saturated rings. The van der Waals surface area contributed by atoms with Crippen LogP contribution in [0.15, 0.2) is 122 Å². The number of carbonyl (C=O) groups is 2. The predicted octanol–water partition coefficient (Wildman–Crippen LogP) is 17.8. The number of hydrogen-bond acceptors (Lipinski definition) is 5. The summed E-state index contributed by atoms with van der Waals surface area (Å²) >= 11 is 0. The van der Waals surface area contributed by atoms with Crippen molar-refractivity contribution in [1.82, 2.24) is 0 Å². The second-order valence-corrected chi connectivity index (χ2v) is 16.7. The van der Waals surface area contributed by atoms with E-state index < -0.39 is 6.10 Å². The molecule has 0 radical (unpaired) electrons. The maximum absolute atomic E-state index is 12.8. The summed E-state index contributed by atoms with van der Waals surface area (Å²) in [5, 5.41) is 0. The fraction of sp³-hybridized carbons (Fsp3) is 0.627. The average Bonchev–Trinajstić information content (AvgIpc) is 3.30. The molecule has 0 aromatic heterocycles. The Bertz CT molecular complexity index is 1320. The minimum absolute atomic E-state index is 0.0503. The molecule has 0 spiro atoms. The molecule has 0 aliphatic heterocycles. The van der Waals surface area contributed by atoms with Crippen LogP contribution in [0.2, 0.25) is 0 Å². The second kappa shape index (κ2) is 53.6. The van der Waals surface area contributed by atoms with Crippen molar-refractivity contribution in [3.8, 4) is 0 Å². The van der Waals surface area contributed by atoms with Gasteiger partial charge in [0.1, 0.15) is 6.61 Å². The first kappa shape index (κ1) is 60.3. The van der Waals surface area contributed by atoms with Gasteiger partial charge >= 0.3 is 11.9 Å². The SMILES string of the molecule is CC/C=C\C/C=C\C/C=C\C/C=C\CCCCCCC(=O)OCC(COCCCCCCCC/C=C\C/C=C\CCC)OC(=O)CCCCCC/C=C\C/C=C\C/C=C\C/C=C\CC. The zero-order chi connectivity index (χ0) is 46.3. The molecule has 1 unspecified atom stereocenters. The maximum Gasteiger partial charge on any atom is 0.306 e. The van der Waals surface area contributed by atoms with E-state index in [0.29, 0.717) is 19.4 Å². The van der Waals surface area contributed by atoms with E-state index >= 15 is 0 Å². The molecule has 0 aromatic carbocycles. The Morgan fingerprint density at radius 1 is 0.359 bits per heavy atom. The molecule has 5 nitrogen and oxygen atoms in total. The van der Waals surface area contributed by atoms with Crippen molar-refractivity contribution in [3.05, 3.63) is 122 Å². The van der Waals surface area contributed by atoms with Crippen LogP contribution in [0.1, 0.15) is 213 Å². The minimum atomic E-state index is -0.573. The van der Waals surface area contributed by atoms with Crippen molar-refractivity contribution >= 4 is 11.9 Å². The van der Waals surface area contributed by atoms with Gasteiger partial charge in [-0.3, -0.25) is 9.59 Å². The maximum atomic E-state index is 12.8. The second-order valence-electron chi connectivity index (χ2n) is 16.7. The molecule has 0 aromatic rings.